The van der Waals surface area contributed by atoms with Crippen molar-refractivity contribution in [3.63, 3.8) is 0 Å². The third kappa shape index (κ3) is 4.57. The Morgan fingerprint density at radius 2 is 0.676 bits per heavy atom. The maximum atomic E-state index is 3.95. The molecule has 0 fully saturated rings. The van der Waals surface area contributed by atoms with Crippen molar-refractivity contribution < 1.29 is 0 Å². The summed E-state index contributed by atoms with van der Waals surface area (Å²) in [5.41, 5.74) is 5.85. The van der Waals surface area contributed by atoms with E-state index in [-0.39, 0.29) is 0 Å². The van der Waals surface area contributed by atoms with Crippen molar-refractivity contribution in [2.75, 3.05) is 0 Å². The molecule has 0 heterocycles. The molecule has 0 unspecified atom stereocenters. The quantitative estimate of drug-likeness (QED) is 0.200. The van der Waals surface area contributed by atoms with Crippen LogP contribution in [0.15, 0.2) is 123 Å². The molecule has 0 amide bonds. The van der Waals surface area contributed by atoms with Crippen LogP contribution >= 0.6 is 0 Å². The first-order valence-corrected chi connectivity index (χ1v) is 13.7. The number of hydrogen-bond donors (Lipinski definition) is 0. The highest BCUT2D eigenvalue weighted by Gasteiger charge is 2.39. The largest absolute Gasteiger partial charge is 0.152 e. The first kappa shape index (κ1) is 23.2. The van der Waals surface area contributed by atoms with Crippen LogP contribution < -0.4 is 15.6 Å². The van der Waals surface area contributed by atoms with E-state index in [0.717, 1.165) is 28.3 Å². The molecule has 0 aliphatic rings. The molecular formula is C33H30Si. The summed E-state index contributed by atoms with van der Waals surface area (Å²) in [6, 6.07) is 36.6. The molecule has 166 valence electrons. The lowest BCUT2D eigenvalue weighted by molar-refractivity contribution is 1.34. The zero-order valence-electron chi connectivity index (χ0n) is 19.6. The van der Waals surface area contributed by atoms with Gasteiger partial charge in [-0.1, -0.05) is 148 Å². The van der Waals surface area contributed by atoms with Gasteiger partial charge in [-0.05, 0) is 49.4 Å². The van der Waals surface area contributed by atoms with Gasteiger partial charge in [0, 0.05) is 0 Å². The Labute approximate surface area is 205 Å². The van der Waals surface area contributed by atoms with Gasteiger partial charge < -0.3 is 0 Å². The van der Waals surface area contributed by atoms with E-state index in [0.29, 0.717) is 0 Å². The van der Waals surface area contributed by atoms with E-state index in [4.69, 9.17) is 0 Å². The Balaban J connectivity index is 1.99. The first-order valence-electron chi connectivity index (χ1n) is 11.5. The number of hydrogen-bond acceptors (Lipinski definition) is 0. The van der Waals surface area contributed by atoms with Crippen LogP contribution in [0.3, 0.4) is 0 Å². The average Bonchev–Trinajstić information content (AvgIpc) is 2.92. The second-order valence-electron chi connectivity index (χ2n) is 8.51. The van der Waals surface area contributed by atoms with Crippen LogP contribution in [0.25, 0.3) is 24.3 Å². The topological polar surface area (TPSA) is 0 Å². The minimum atomic E-state index is -2.43. The van der Waals surface area contributed by atoms with Gasteiger partial charge in [-0.3, -0.25) is 0 Å². The average molecular weight is 455 g/mol. The molecule has 0 aromatic heterocycles. The molecule has 0 saturated carbocycles. The summed E-state index contributed by atoms with van der Waals surface area (Å²) in [4.78, 5) is 0. The van der Waals surface area contributed by atoms with Gasteiger partial charge in [0.15, 0.2) is 8.07 Å². The van der Waals surface area contributed by atoms with E-state index >= 15 is 0 Å². The molecule has 0 N–H and O–H groups in total. The van der Waals surface area contributed by atoms with Crippen molar-refractivity contribution in [2.45, 2.75) is 6.04 Å². The standard InChI is InChI=1S/C33H30Si/c1-5-26-9-11-30(12-10-26)25-34(31-19-13-27(6-2)14-20-31,32-21-15-28(7-3)16-22-32)33-23-17-29(8-4)18-24-33/h5-24H,1-4,25H2. The van der Waals surface area contributed by atoms with Gasteiger partial charge in [0.25, 0.3) is 0 Å². The Bertz CT molecular complexity index is 1160. The SMILES string of the molecule is C=Cc1ccc(C[Si](c2ccc(C=C)cc2)(c2ccc(C=C)cc2)c2ccc(C=C)cc2)cc1. The molecule has 0 aliphatic carbocycles. The Hall–Kier alpha value is -3.94. The first-order chi connectivity index (χ1) is 16.6. The highest BCUT2D eigenvalue weighted by molar-refractivity contribution is 7.11. The zero-order chi connectivity index (χ0) is 24.0. The van der Waals surface area contributed by atoms with Crippen LogP contribution in [0.4, 0.5) is 0 Å². The summed E-state index contributed by atoms with van der Waals surface area (Å²) >= 11 is 0. The van der Waals surface area contributed by atoms with Crippen LogP contribution in [-0.4, -0.2) is 8.07 Å². The minimum Gasteiger partial charge on any atom is -0.0985 e. The van der Waals surface area contributed by atoms with E-state index < -0.39 is 8.07 Å². The number of rotatable bonds is 9. The summed E-state index contributed by atoms with van der Waals surface area (Å²) in [7, 11) is -2.43. The second kappa shape index (κ2) is 10.3. The molecule has 0 atom stereocenters. The smallest absolute Gasteiger partial charge is 0.0985 e. The highest BCUT2D eigenvalue weighted by atomic mass is 28.3. The molecule has 0 radical (unpaired) electrons. The maximum Gasteiger partial charge on any atom is 0.152 e. The van der Waals surface area contributed by atoms with Crippen molar-refractivity contribution in [3.8, 4) is 0 Å². The predicted molar refractivity (Wildman–Crippen MR) is 154 cm³/mol. The molecule has 0 aliphatic heterocycles. The zero-order valence-corrected chi connectivity index (χ0v) is 20.6. The lowest BCUT2D eigenvalue weighted by atomic mass is 10.1. The molecule has 0 saturated heterocycles. The van der Waals surface area contributed by atoms with Gasteiger partial charge in [-0.25, -0.2) is 0 Å². The molecule has 4 rings (SSSR count). The van der Waals surface area contributed by atoms with Crippen molar-refractivity contribution >= 4 is 47.9 Å². The van der Waals surface area contributed by atoms with E-state index in [1.54, 1.807) is 0 Å². The number of benzene rings is 4. The van der Waals surface area contributed by atoms with Crippen molar-refractivity contribution in [1.82, 2.24) is 0 Å². The van der Waals surface area contributed by atoms with Crippen LogP contribution in [0.1, 0.15) is 27.8 Å². The van der Waals surface area contributed by atoms with Crippen molar-refractivity contribution in [1.29, 1.82) is 0 Å². The lowest BCUT2D eigenvalue weighted by Crippen LogP contribution is -2.69. The van der Waals surface area contributed by atoms with Gasteiger partial charge in [-0.15, -0.1) is 0 Å². The lowest BCUT2D eigenvalue weighted by Gasteiger charge is -2.34. The summed E-state index contributed by atoms with van der Waals surface area (Å²) in [6.45, 7) is 15.7. The summed E-state index contributed by atoms with van der Waals surface area (Å²) < 4.78 is 0. The van der Waals surface area contributed by atoms with E-state index in [9.17, 15) is 0 Å². The fourth-order valence-corrected chi connectivity index (χ4v) is 9.26. The fourth-order valence-electron chi connectivity index (χ4n) is 4.60. The van der Waals surface area contributed by atoms with E-state index in [1.165, 1.54) is 21.1 Å². The van der Waals surface area contributed by atoms with E-state index in [2.05, 4.69) is 123 Å². The molecule has 34 heavy (non-hydrogen) atoms. The minimum absolute atomic E-state index is 0.957. The summed E-state index contributed by atoms with van der Waals surface area (Å²) in [6.07, 6.45) is 7.60. The molecule has 4 aromatic carbocycles. The summed E-state index contributed by atoms with van der Waals surface area (Å²) in [5.74, 6) is 0. The molecule has 1 heteroatoms. The molecule has 4 aromatic rings. The molecule has 0 nitrogen and oxygen atoms in total. The Morgan fingerprint density at radius 1 is 0.412 bits per heavy atom. The maximum absolute atomic E-state index is 3.95. The monoisotopic (exact) mass is 454 g/mol. The third-order valence-electron chi connectivity index (χ3n) is 6.60. The van der Waals surface area contributed by atoms with Gasteiger partial charge >= 0.3 is 0 Å². The molecule has 0 bridgehead atoms. The Morgan fingerprint density at radius 3 is 0.941 bits per heavy atom. The van der Waals surface area contributed by atoms with Crippen LogP contribution in [-0.2, 0) is 6.04 Å². The van der Waals surface area contributed by atoms with Crippen LogP contribution in [0, 0.1) is 0 Å². The Kier molecular flexibility index (Phi) is 7.06. The molecule has 0 spiro atoms. The normalized spacial score (nSPS) is 10.9. The predicted octanol–water partition coefficient (Wildman–Crippen LogP) is 6.51. The van der Waals surface area contributed by atoms with Crippen molar-refractivity contribution in [2.24, 2.45) is 0 Å². The molecular weight excluding hydrogens is 424 g/mol. The fraction of sp³-hybridized carbons (Fsp3) is 0.0303. The highest BCUT2D eigenvalue weighted by Crippen LogP contribution is 2.18. The van der Waals surface area contributed by atoms with Crippen molar-refractivity contribution in [3.05, 3.63) is 151 Å². The summed E-state index contributed by atoms with van der Waals surface area (Å²) in [5, 5.41) is 4.14. The van der Waals surface area contributed by atoms with E-state index in [1.807, 2.05) is 24.3 Å². The van der Waals surface area contributed by atoms with Gasteiger partial charge in [-0.2, -0.15) is 0 Å². The van der Waals surface area contributed by atoms with Crippen LogP contribution in [0.2, 0.25) is 0 Å². The van der Waals surface area contributed by atoms with Crippen LogP contribution in [0.5, 0.6) is 0 Å². The van der Waals surface area contributed by atoms with Gasteiger partial charge in [0.1, 0.15) is 0 Å². The van der Waals surface area contributed by atoms with Gasteiger partial charge in [0.05, 0.1) is 0 Å². The third-order valence-corrected chi connectivity index (χ3v) is 11.5. The van der Waals surface area contributed by atoms with Gasteiger partial charge in [0.2, 0.25) is 0 Å². The second-order valence-corrected chi connectivity index (χ2v) is 12.4.